The number of ether oxygens (including phenoxy) is 1. The first-order chi connectivity index (χ1) is 9.62. The van der Waals surface area contributed by atoms with E-state index in [9.17, 15) is 4.79 Å². The highest BCUT2D eigenvalue weighted by Gasteiger charge is 2.61. The van der Waals surface area contributed by atoms with Gasteiger partial charge in [-0.3, -0.25) is 10.1 Å². The Labute approximate surface area is 121 Å². The Hall–Kier alpha value is -0.610. The molecular formula is C16H26N2O2. The highest BCUT2D eigenvalue weighted by atomic mass is 16.5. The second-order valence-electron chi connectivity index (χ2n) is 7.55. The third-order valence-corrected chi connectivity index (χ3v) is 5.83. The molecule has 4 nitrogen and oxygen atoms in total. The van der Waals surface area contributed by atoms with Crippen molar-refractivity contribution < 1.29 is 9.53 Å². The summed E-state index contributed by atoms with van der Waals surface area (Å²) in [5.41, 5.74) is -0.295. The van der Waals surface area contributed by atoms with Gasteiger partial charge < -0.3 is 9.64 Å². The maximum atomic E-state index is 12.8. The quantitative estimate of drug-likeness (QED) is 0.859. The molecule has 0 aromatic heterocycles. The summed E-state index contributed by atoms with van der Waals surface area (Å²) in [5, 5.41) is 3.70. The van der Waals surface area contributed by atoms with Gasteiger partial charge in [0.25, 0.3) is 0 Å². The Balaban J connectivity index is 1.55. The van der Waals surface area contributed by atoms with E-state index >= 15 is 0 Å². The van der Waals surface area contributed by atoms with Crippen LogP contribution in [0.3, 0.4) is 0 Å². The average molecular weight is 278 g/mol. The van der Waals surface area contributed by atoms with Crippen molar-refractivity contribution in [2.45, 2.75) is 75.6 Å². The molecule has 2 saturated carbocycles. The van der Waals surface area contributed by atoms with Gasteiger partial charge in [0.05, 0.1) is 23.9 Å². The smallest absolute Gasteiger partial charge is 0.244 e. The van der Waals surface area contributed by atoms with Crippen LogP contribution in [0.1, 0.15) is 58.3 Å². The highest BCUT2D eigenvalue weighted by molar-refractivity contribution is 5.92. The summed E-state index contributed by atoms with van der Waals surface area (Å²) >= 11 is 0. The molecule has 20 heavy (non-hydrogen) atoms. The van der Waals surface area contributed by atoms with E-state index in [2.05, 4.69) is 17.1 Å². The van der Waals surface area contributed by atoms with Crippen LogP contribution in [-0.2, 0) is 9.53 Å². The third kappa shape index (κ3) is 2.00. The molecule has 4 heteroatoms. The van der Waals surface area contributed by atoms with Crippen LogP contribution >= 0.6 is 0 Å². The zero-order valence-corrected chi connectivity index (χ0v) is 12.5. The molecule has 2 aliphatic carbocycles. The van der Waals surface area contributed by atoms with E-state index in [1.807, 2.05) is 0 Å². The van der Waals surface area contributed by atoms with Crippen LogP contribution in [0.15, 0.2) is 0 Å². The van der Waals surface area contributed by atoms with Gasteiger partial charge in [-0.2, -0.15) is 0 Å². The van der Waals surface area contributed by atoms with Gasteiger partial charge in [-0.05, 0) is 51.4 Å². The maximum Gasteiger partial charge on any atom is 0.244 e. The average Bonchev–Trinajstić information content (AvgIpc) is 2.82. The molecule has 0 aromatic rings. The van der Waals surface area contributed by atoms with Crippen molar-refractivity contribution in [2.75, 3.05) is 13.2 Å². The summed E-state index contributed by atoms with van der Waals surface area (Å²) in [6.07, 6.45) is 9.74. The van der Waals surface area contributed by atoms with Gasteiger partial charge >= 0.3 is 0 Å². The van der Waals surface area contributed by atoms with Crippen molar-refractivity contribution >= 4 is 5.91 Å². The third-order valence-electron chi connectivity index (χ3n) is 5.83. The van der Waals surface area contributed by atoms with Gasteiger partial charge in [0.1, 0.15) is 0 Å². The Morgan fingerprint density at radius 2 is 2.00 bits per heavy atom. The van der Waals surface area contributed by atoms with Crippen molar-refractivity contribution in [3.63, 3.8) is 0 Å². The van der Waals surface area contributed by atoms with Gasteiger partial charge in [0.15, 0.2) is 0 Å². The first-order valence-corrected chi connectivity index (χ1v) is 8.35. The molecular weight excluding hydrogens is 252 g/mol. The van der Waals surface area contributed by atoms with Gasteiger partial charge in [0.2, 0.25) is 5.91 Å². The lowest BCUT2D eigenvalue weighted by atomic mass is 9.99. The minimum Gasteiger partial charge on any atom is -0.373 e. The lowest BCUT2D eigenvalue weighted by Crippen LogP contribution is -2.49. The number of hydrogen-bond donors (Lipinski definition) is 1. The SMILES string of the molecule is CC1(CN2C(=O)C3(CC3)NC2C2CCCC2)CCCO1. The molecule has 0 aromatic carbocycles. The van der Waals surface area contributed by atoms with E-state index < -0.39 is 0 Å². The van der Waals surface area contributed by atoms with Crippen molar-refractivity contribution in [3.05, 3.63) is 0 Å². The summed E-state index contributed by atoms with van der Waals surface area (Å²) in [4.78, 5) is 14.9. The van der Waals surface area contributed by atoms with Crippen LogP contribution < -0.4 is 5.32 Å². The standard InChI is InChI=1S/C16H26N2O2/c1-15(7-4-10-20-15)11-18-13(12-5-2-3-6-12)17-16(8-9-16)14(18)19/h12-13,17H,2-11H2,1H3. The number of nitrogens with zero attached hydrogens (tertiary/aromatic N) is 1. The second-order valence-corrected chi connectivity index (χ2v) is 7.55. The molecule has 2 aliphatic heterocycles. The number of carbonyl (C=O) groups excluding carboxylic acids is 1. The van der Waals surface area contributed by atoms with E-state index in [0.29, 0.717) is 11.8 Å². The molecule has 2 unspecified atom stereocenters. The van der Waals surface area contributed by atoms with Crippen molar-refractivity contribution in [3.8, 4) is 0 Å². The molecule has 2 saturated heterocycles. The molecule has 112 valence electrons. The van der Waals surface area contributed by atoms with Crippen LogP contribution in [0.2, 0.25) is 0 Å². The fraction of sp³-hybridized carbons (Fsp3) is 0.938. The van der Waals surface area contributed by atoms with Crippen LogP contribution in [0.5, 0.6) is 0 Å². The topological polar surface area (TPSA) is 41.6 Å². The molecule has 0 radical (unpaired) electrons. The predicted molar refractivity (Wildman–Crippen MR) is 76.2 cm³/mol. The second kappa shape index (κ2) is 4.44. The predicted octanol–water partition coefficient (Wildman–Crippen LogP) is 2.04. The lowest BCUT2D eigenvalue weighted by Gasteiger charge is -2.35. The zero-order valence-electron chi connectivity index (χ0n) is 12.5. The normalized spacial score (nSPS) is 40.1. The molecule has 1 amide bonds. The first-order valence-electron chi connectivity index (χ1n) is 8.35. The molecule has 1 N–H and O–H groups in total. The van der Waals surface area contributed by atoms with Crippen LogP contribution in [0, 0.1) is 5.92 Å². The molecule has 1 spiro atoms. The minimum atomic E-state index is -0.178. The lowest BCUT2D eigenvalue weighted by molar-refractivity contribution is -0.135. The fourth-order valence-electron chi connectivity index (χ4n) is 4.44. The van der Waals surface area contributed by atoms with Crippen LogP contribution in [0.4, 0.5) is 0 Å². The molecule has 4 fully saturated rings. The largest absolute Gasteiger partial charge is 0.373 e. The minimum absolute atomic E-state index is 0.116. The number of amides is 1. The number of carbonyl (C=O) groups is 1. The molecule has 2 heterocycles. The number of rotatable bonds is 3. The summed E-state index contributed by atoms with van der Waals surface area (Å²) in [6, 6.07) is 0. The van der Waals surface area contributed by atoms with E-state index in [4.69, 9.17) is 4.74 Å². The van der Waals surface area contributed by atoms with Gasteiger partial charge in [-0.15, -0.1) is 0 Å². The van der Waals surface area contributed by atoms with E-state index in [-0.39, 0.29) is 17.3 Å². The first kappa shape index (κ1) is 13.1. The summed E-state index contributed by atoms with van der Waals surface area (Å²) in [5.74, 6) is 1.01. The fourth-order valence-corrected chi connectivity index (χ4v) is 4.44. The molecule has 4 rings (SSSR count). The number of nitrogens with one attached hydrogen (secondary N) is 1. The Kier molecular flexibility index (Phi) is 2.90. The highest BCUT2D eigenvalue weighted by Crippen LogP contribution is 2.46. The van der Waals surface area contributed by atoms with Gasteiger partial charge in [-0.25, -0.2) is 0 Å². The molecule has 2 atom stereocenters. The van der Waals surface area contributed by atoms with Crippen molar-refractivity contribution in [2.24, 2.45) is 5.92 Å². The van der Waals surface area contributed by atoms with Crippen LogP contribution in [-0.4, -0.2) is 41.3 Å². The van der Waals surface area contributed by atoms with Crippen molar-refractivity contribution in [1.29, 1.82) is 0 Å². The van der Waals surface area contributed by atoms with Gasteiger partial charge in [-0.1, -0.05) is 12.8 Å². The summed E-state index contributed by atoms with van der Waals surface area (Å²) in [7, 11) is 0. The van der Waals surface area contributed by atoms with Crippen molar-refractivity contribution in [1.82, 2.24) is 10.2 Å². The number of hydrogen-bond acceptors (Lipinski definition) is 3. The summed E-state index contributed by atoms with van der Waals surface area (Å²) < 4.78 is 5.93. The van der Waals surface area contributed by atoms with Gasteiger partial charge in [0, 0.05) is 6.61 Å². The zero-order chi connectivity index (χ0) is 13.8. The van der Waals surface area contributed by atoms with E-state index in [1.165, 1.54) is 25.7 Å². The Bertz CT molecular complexity index is 407. The van der Waals surface area contributed by atoms with E-state index in [1.54, 1.807) is 0 Å². The monoisotopic (exact) mass is 278 g/mol. The Morgan fingerprint density at radius 3 is 2.60 bits per heavy atom. The summed E-state index contributed by atoms with van der Waals surface area (Å²) in [6.45, 7) is 3.81. The molecule has 0 bridgehead atoms. The Morgan fingerprint density at radius 1 is 1.25 bits per heavy atom. The van der Waals surface area contributed by atoms with Crippen LogP contribution in [0.25, 0.3) is 0 Å². The van der Waals surface area contributed by atoms with E-state index in [0.717, 1.165) is 38.8 Å². The molecule has 4 aliphatic rings. The maximum absolute atomic E-state index is 12.8.